The number of aliphatic imine (C=N–C) groups is 1. The summed E-state index contributed by atoms with van der Waals surface area (Å²) in [4.78, 5) is 8.37. The van der Waals surface area contributed by atoms with Crippen molar-refractivity contribution in [2.45, 2.75) is 26.4 Å². The Morgan fingerprint density at radius 1 is 1.38 bits per heavy atom. The lowest BCUT2D eigenvalue weighted by molar-refractivity contribution is 0.0887. The van der Waals surface area contributed by atoms with Gasteiger partial charge >= 0.3 is 0 Å². The average molecular weight is 176 g/mol. The number of fused-ring (bicyclic) bond motifs is 1. The van der Waals surface area contributed by atoms with Gasteiger partial charge in [-0.05, 0) is 19.9 Å². The average Bonchev–Trinajstić information content (AvgIpc) is 2.02. The van der Waals surface area contributed by atoms with Crippen LogP contribution in [0, 0.1) is 0 Å². The zero-order valence-corrected chi connectivity index (χ0v) is 8.03. The summed E-state index contributed by atoms with van der Waals surface area (Å²) in [6, 6.07) is 1.91. The van der Waals surface area contributed by atoms with Gasteiger partial charge in [-0.2, -0.15) is 0 Å². The fourth-order valence-corrected chi connectivity index (χ4v) is 1.57. The summed E-state index contributed by atoms with van der Waals surface area (Å²) in [5, 5.41) is 0. The van der Waals surface area contributed by atoms with Gasteiger partial charge in [0.1, 0.15) is 5.60 Å². The number of rotatable bonds is 0. The highest BCUT2D eigenvalue weighted by Crippen LogP contribution is 2.35. The Bertz CT molecular complexity index is 369. The maximum Gasteiger partial charge on any atom is 0.186 e. The third kappa shape index (κ3) is 1.30. The molecule has 0 N–H and O–H groups in total. The molecule has 68 valence electrons. The Kier molecular flexibility index (Phi) is 1.62. The second-order valence-electron chi connectivity index (χ2n) is 3.64. The molecule has 3 heteroatoms. The smallest absolute Gasteiger partial charge is 0.186 e. The highest BCUT2D eigenvalue weighted by Gasteiger charge is 2.29. The molecule has 13 heavy (non-hydrogen) atoms. The standard InChI is InChI=1S/C10H12N2O/c1-7-12-9-4-5-11-6-8(9)10(2,3)13-7/h4-6H,1-3H3. The third-order valence-electron chi connectivity index (χ3n) is 2.13. The molecule has 0 amide bonds. The first-order chi connectivity index (χ1) is 6.09. The van der Waals surface area contributed by atoms with E-state index in [1.807, 2.05) is 33.0 Å². The van der Waals surface area contributed by atoms with Crippen LogP contribution >= 0.6 is 0 Å². The van der Waals surface area contributed by atoms with E-state index in [2.05, 4.69) is 9.98 Å². The molecule has 0 unspecified atom stereocenters. The predicted molar refractivity (Wildman–Crippen MR) is 51.1 cm³/mol. The van der Waals surface area contributed by atoms with Crippen molar-refractivity contribution in [1.82, 2.24) is 4.98 Å². The van der Waals surface area contributed by atoms with Crippen molar-refractivity contribution in [2.24, 2.45) is 4.99 Å². The lowest BCUT2D eigenvalue weighted by Gasteiger charge is -2.30. The van der Waals surface area contributed by atoms with Crippen LogP contribution in [-0.2, 0) is 10.3 Å². The van der Waals surface area contributed by atoms with Gasteiger partial charge in [-0.15, -0.1) is 0 Å². The van der Waals surface area contributed by atoms with Crippen molar-refractivity contribution in [3.05, 3.63) is 24.0 Å². The lowest BCUT2D eigenvalue weighted by Crippen LogP contribution is -2.27. The van der Waals surface area contributed by atoms with Gasteiger partial charge in [0.05, 0.1) is 5.69 Å². The van der Waals surface area contributed by atoms with E-state index >= 15 is 0 Å². The number of ether oxygens (including phenoxy) is 1. The minimum absolute atomic E-state index is 0.310. The minimum atomic E-state index is -0.310. The van der Waals surface area contributed by atoms with Gasteiger partial charge in [0.25, 0.3) is 0 Å². The molecule has 1 aliphatic heterocycles. The van der Waals surface area contributed by atoms with Crippen molar-refractivity contribution >= 4 is 11.6 Å². The van der Waals surface area contributed by atoms with Crippen molar-refractivity contribution in [3.63, 3.8) is 0 Å². The summed E-state index contributed by atoms with van der Waals surface area (Å²) >= 11 is 0. The fourth-order valence-electron chi connectivity index (χ4n) is 1.57. The van der Waals surface area contributed by atoms with Gasteiger partial charge in [-0.1, -0.05) is 0 Å². The molecule has 0 saturated heterocycles. The summed E-state index contributed by atoms with van der Waals surface area (Å²) in [5.41, 5.74) is 1.69. The van der Waals surface area contributed by atoms with Crippen LogP contribution in [0.5, 0.6) is 0 Å². The van der Waals surface area contributed by atoms with Crippen LogP contribution in [0.2, 0.25) is 0 Å². The number of hydrogen-bond acceptors (Lipinski definition) is 3. The van der Waals surface area contributed by atoms with Gasteiger partial charge < -0.3 is 4.74 Å². The van der Waals surface area contributed by atoms with Gasteiger partial charge in [-0.25, -0.2) is 4.99 Å². The first-order valence-corrected chi connectivity index (χ1v) is 4.28. The van der Waals surface area contributed by atoms with Crippen molar-refractivity contribution < 1.29 is 4.74 Å². The second-order valence-corrected chi connectivity index (χ2v) is 3.64. The van der Waals surface area contributed by atoms with Crippen LogP contribution in [0.15, 0.2) is 23.5 Å². The monoisotopic (exact) mass is 176 g/mol. The third-order valence-corrected chi connectivity index (χ3v) is 2.13. The Balaban J connectivity index is 2.62. The molecule has 1 aromatic rings. The molecule has 0 spiro atoms. The molecular formula is C10H12N2O. The minimum Gasteiger partial charge on any atom is -0.470 e. The van der Waals surface area contributed by atoms with E-state index in [0.717, 1.165) is 11.3 Å². The molecule has 0 bridgehead atoms. The fraction of sp³-hybridized carbons (Fsp3) is 0.400. The van der Waals surface area contributed by atoms with E-state index in [9.17, 15) is 0 Å². The zero-order chi connectivity index (χ0) is 9.47. The molecular weight excluding hydrogens is 164 g/mol. The first kappa shape index (κ1) is 8.23. The van der Waals surface area contributed by atoms with E-state index in [0.29, 0.717) is 5.90 Å². The molecule has 1 aliphatic rings. The molecule has 0 aromatic carbocycles. The zero-order valence-electron chi connectivity index (χ0n) is 8.03. The van der Waals surface area contributed by atoms with Crippen LogP contribution in [0.3, 0.4) is 0 Å². The van der Waals surface area contributed by atoms with Crippen LogP contribution in [0.25, 0.3) is 0 Å². The molecule has 0 atom stereocenters. The highest BCUT2D eigenvalue weighted by atomic mass is 16.5. The SMILES string of the molecule is CC1=Nc2ccncc2C(C)(C)O1. The van der Waals surface area contributed by atoms with Crippen LogP contribution in [-0.4, -0.2) is 10.9 Å². The maximum absolute atomic E-state index is 5.61. The van der Waals surface area contributed by atoms with Gasteiger partial charge in [0.15, 0.2) is 5.90 Å². The Hall–Kier alpha value is -1.38. The summed E-state index contributed by atoms with van der Waals surface area (Å²) in [6.07, 6.45) is 3.56. The molecule has 1 aromatic heterocycles. The quantitative estimate of drug-likeness (QED) is 0.608. The molecule has 0 radical (unpaired) electrons. The molecule has 0 aliphatic carbocycles. The van der Waals surface area contributed by atoms with E-state index in [4.69, 9.17) is 4.74 Å². The van der Waals surface area contributed by atoms with Gasteiger partial charge in [-0.3, -0.25) is 4.98 Å². The van der Waals surface area contributed by atoms with E-state index in [1.54, 1.807) is 6.20 Å². The molecule has 2 rings (SSSR count). The van der Waals surface area contributed by atoms with Crippen LogP contribution in [0.1, 0.15) is 26.3 Å². The van der Waals surface area contributed by atoms with Crippen LogP contribution in [0.4, 0.5) is 5.69 Å². The second kappa shape index (κ2) is 2.55. The number of pyridine rings is 1. The Morgan fingerprint density at radius 2 is 2.15 bits per heavy atom. The van der Waals surface area contributed by atoms with Crippen molar-refractivity contribution in [1.29, 1.82) is 0 Å². The molecule has 0 fully saturated rings. The van der Waals surface area contributed by atoms with Crippen LogP contribution < -0.4 is 0 Å². The maximum atomic E-state index is 5.61. The summed E-state index contributed by atoms with van der Waals surface area (Å²) in [5.74, 6) is 0.712. The van der Waals surface area contributed by atoms with Crippen molar-refractivity contribution in [2.75, 3.05) is 0 Å². The van der Waals surface area contributed by atoms with Gasteiger partial charge in [0, 0.05) is 24.9 Å². The summed E-state index contributed by atoms with van der Waals surface area (Å²) in [7, 11) is 0. The predicted octanol–water partition coefficient (Wildman–Crippen LogP) is 2.40. The Morgan fingerprint density at radius 3 is 2.92 bits per heavy atom. The van der Waals surface area contributed by atoms with Gasteiger partial charge in [0.2, 0.25) is 0 Å². The van der Waals surface area contributed by atoms with Crippen molar-refractivity contribution in [3.8, 4) is 0 Å². The topological polar surface area (TPSA) is 34.5 Å². The molecule has 2 heterocycles. The largest absolute Gasteiger partial charge is 0.470 e. The molecule has 3 nitrogen and oxygen atoms in total. The summed E-state index contributed by atoms with van der Waals surface area (Å²) in [6.45, 7) is 5.91. The van der Waals surface area contributed by atoms with E-state index in [1.165, 1.54) is 0 Å². The normalized spacial score (nSPS) is 18.5. The Labute approximate surface area is 77.5 Å². The lowest BCUT2D eigenvalue weighted by atomic mass is 9.97. The molecule has 0 saturated carbocycles. The number of hydrogen-bond donors (Lipinski definition) is 0. The van der Waals surface area contributed by atoms with E-state index in [-0.39, 0.29) is 5.60 Å². The number of aromatic nitrogens is 1. The number of nitrogens with zero attached hydrogens (tertiary/aromatic N) is 2. The highest BCUT2D eigenvalue weighted by molar-refractivity contribution is 5.80. The van der Waals surface area contributed by atoms with E-state index < -0.39 is 0 Å². The first-order valence-electron chi connectivity index (χ1n) is 4.28. The summed E-state index contributed by atoms with van der Waals surface area (Å²) < 4.78 is 5.61.